The lowest BCUT2D eigenvalue weighted by atomic mass is 10.00. The summed E-state index contributed by atoms with van der Waals surface area (Å²) in [5, 5.41) is 20.5. The van der Waals surface area contributed by atoms with Crippen molar-refractivity contribution >= 4 is 23.2 Å². The van der Waals surface area contributed by atoms with E-state index in [0.717, 1.165) is 41.9 Å². The summed E-state index contributed by atoms with van der Waals surface area (Å²) < 4.78 is 0. The van der Waals surface area contributed by atoms with E-state index in [1.165, 1.54) is 43.6 Å². The number of likely N-dealkylation sites (N-methyl/N-ethyl adjacent to an activating group) is 1. The van der Waals surface area contributed by atoms with Gasteiger partial charge in [0.05, 0.1) is 29.6 Å². The number of carbonyl (C=O) groups is 1. The van der Waals surface area contributed by atoms with Crippen LogP contribution in [0.1, 0.15) is 30.4 Å². The molecule has 2 aliphatic rings. The number of hydrogen-bond donors (Lipinski definition) is 2. The molecular formula is C26H30N5O3+. The van der Waals surface area contributed by atoms with E-state index in [0.29, 0.717) is 11.6 Å². The number of amides is 1. The number of phenolic OH excluding ortho intramolecular Hbond substituents is 1. The maximum atomic E-state index is 12.8. The van der Waals surface area contributed by atoms with Crippen LogP contribution < -0.4 is 10.2 Å². The molecule has 3 heterocycles. The Hall–Kier alpha value is -3.65. The van der Waals surface area contributed by atoms with Gasteiger partial charge < -0.3 is 25.3 Å². The average molecular weight is 461 g/mol. The highest BCUT2D eigenvalue weighted by Gasteiger charge is 2.25. The van der Waals surface area contributed by atoms with Crippen molar-refractivity contribution < 1.29 is 15.0 Å². The molecule has 34 heavy (non-hydrogen) atoms. The van der Waals surface area contributed by atoms with Gasteiger partial charge in [-0.1, -0.05) is 6.07 Å². The van der Waals surface area contributed by atoms with Gasteiger partial charge in [-0.25, -0.2) is 9.97 Å². The molecule has 0 atom stereocenters. The molecule has 0 unspecified atom stereocenters. The van der Waals surface area contributed by atoms with Gasteiger partial charge in [-0.05, 0) is 75.1 Å². The smallest absolute Gasteiger partial charge is 0.298 e. The Morgan fingerprint density at radius 1 is 1.15 bits per heavy atom. The van der Waals surface area contributed by atoms with Crippen LogP contribution in [0.2, 0.25) is 0 Å². The molecule has 8 heteroatoms. The van der Waals surface area contributed by atoms with Crippen LogP contribution in [0.5, 0.6) is 11.5 Å². The first-order valence-corrected chi connectivity index (χ1v) is 11.8. The summed E-state index contributed by atoms with van der Waals surface area (Å²) in [6, 6.07) is 11.0. The molecule has 0 spiro atoms. The Bertz CT molecular complexity index is 1220. The van der Waals surface area contributed by atoms with E-state index in [1.807, 2.05) is 6.07 Å². The minimum Gasteiger partial charge on any atom is -0.591 e. The molecule has 2 aromatic carbocycles. The molecule has 8 nitrogen and oxygen atoms in total. The van der Waals surface area contributed by atoms with Crippen LogP contribution >= 0.6 is 0 Å². The molecule has 1 aromatic heterocycles. The molecule has 176 valence electrons. The minimum absolute atomic E-state index is 0.00322. The molecule has 2 aliphatic heterocycles. The Labute approximate surface area is 198 Å². The van der Waals surface area contributed by atoms with Gasteiger partial charge in [0.2, 0.25) is 17.6 Å². The number of aryl methyl sites for hydroxylation is 1. The quantitative estimate of drug-likeness (QED) is 0.430. The van der Waals surface area contributed by atoms with Crippen LogP contribution in [0.3, 0.4) is 0 Å². The van der Waals surface area contributed by atoms with E-state index in [9.17, 15) is 9.90 Å². The number of nitrogens with one attached hydrogen (secondary N) is 1. The number of benzene rings is 2. The second kappa shape index (κ2) is 9.30. The first-order chi connectivity index (χ1) is 16.5. The van der Waals surface area contributed by atoms with Crippen molar-refractivity contribution in [1.82, 2.24) is 14.9 Å². The highest BCUT2D eigenvalue weighted by Crippen LogP contribution is 2.37. The molecule has 1 saturated heterocycles. The largest absolute Gasteiger partial charge is 0.591 e. The molecule has 0 bridgehead atoms. The third kappa shape index (κ3) is 4.54. The maximum Gasteiger partial charge on any atom is 0.298 e. The third-order valence-corrected chi connectivity index (χ3v) is 6.65. The zero-order valence-electron chi connectivity index (χ0n) is 19.3. The van der Waals surface area contributed by atoms with Crippen molar-refractivity contribution in [3.8, 4) is 22.8 Å². The number of phenols is 1. The van der Waals surface area contributed by atoms with Crippen molar-refractivity contribution in [2.24, 2.45) is 0 Å². The number of aromatic nitrogens is 2. The number of nitrogens with zero attached hydrogens (tertiary/aromatic N) is 4. The van der Waals surface area contributed by atoms with Gasteiger partial charge in [0.15, 0.2) is 0 Å². The number of likely N-dealkylation sites (tertiary alicyclic amines) is 1. The molecule has 1 fully saturated rings. The number of carbonyl (C=O) groups excluding carboxylic acids is 1. The highest BCUT2D eigenvalue weighted by atomic mass is 16.3. The topological polar surface area (TPSA) is 104 Å². The fourth-order valence-corrected chi connectivity index (χ4v) is 4.72. The van der Waals surface area contributed by atoms with Crippen molar-refractivity contribution in [1.29, 1.82) is 0 Å². The molecule has 1 amide bonds. The number of fused-ring (bicyclic) bond motifs is 3. The van der Waals surface area contributed by atoms with Crippen molar-refractivity contribution in [2.45, 2.75) is 32.1 Å². The van der Waals surface area contributed by atoms with Gasteiger partial charge in [0.25, 0.3) is 5.75 Å². The van der Waals surface area contributed by atoms with E-state index in [1.54, 1.807) is 24.2 Å². The van der Waals surface area contributed by atoms with Crippen LogP contribution in [0, 0.1) is 0 Å². The monoisotopic (exact) mass is 460 g/mol. The fourth-order valence-electron chi connectivity index (χ4n) is 4.72. The van der Waals surface area contributed by atoms with Crippen molar-refractivity contribution in [3.63, 3.8) is 0 Å². The Balaban J connectivity index is 1.45. The van der Waals surface area contributed by atoms with Crippen LogP contribution in [0.15, 0.2) is 42.6 Å². The lowest BCUT2D eigenvalue weighted by Gasteiger charge is -2.19. The highest BCUT2D eigenvalue weighted by molar-refractivity contribution is 6.01. The number of hydrogen-bond acceptors (Lipinski definition) is 6. The van der Waals surface area contributed by atoms with E-state index in [2.05, 4.69) is 27.3 Å². The number of aromatic hydroxyl groups is 1. The van der Waals surface area contributed by atoms with Gasteiger partial charge in [0.1, 0.15) is 0 Å². The van der Waals surface area contributed by atoms with Gasteiger partial charge in [-0.2, -0.15) is 0 Å². The summed E-state index contributed by atoms with van der Waals surface area (Å²) in [5.74, 6) is 0.326. The van der Waals surface area contributed by atoms with Gasteiger partial charge in [-0.15, -0.1) is 0 Å². The zero-order chi connectivity index (χ0) is 23.7. The first-order valence-electron chi connectivity index (χ1n) is 11.8. The summed E-state index contributed by atoms with van der Waals surface area (Å²) in [5.41, 5.74) is 5.16. The zero-order valence-corrected chi connectivity index (χ0v) is 19.3. The summed E-state index contributed by atoms with van der Waals surface area (Å²) in [7, 11) is 1.80. The van der Waals surface area contributed by atoms with Crippen molar-refractivity contribution in [2.75, 3.05) is 36.9 Å². The predicted molar refractivity (Wildman–Crippen MR) is 133 cm³/mol. The lowest BCUT2D eigenvalue weighted by Crippen LogP contribution is -2.26. The summed E-state index contributed by atoms with van der Waals surface area (Å²) in [4.78, 5) is 26.2. The second-order valence-electron chi connectivity index (χ2n) is 9.06. The van der Waals surface area contributed by atoms with Crippen LogP contribution in [0.25, 0.3) is 11.3 Å². The minimum atomic E-state index is -0.0823. The first kappa shape index (κ1) is 22.2. The second-order valence-corrected chi connectivity index (χ2v) is 9.06. The molecule has 0 radical (unpaired) electrons. The summed E-state index contributed by atoms with van der Waals surface area (Å²) >= 11 is 0. The Morgan fingerprint density at radius 3 is 2.76 bits per heavy atom. The van der Waals surface area contributed by atoms with Crippen molar-refractivity contribution in [3.05, 3.63) is 53.7 Å². The fraction of sp³-hybridized carbons (Fsp3) is 0.346. The molecule has 0 saturated carbocycles. The average Bonchev–Trinajstić information content (AvgIpc) is 3.32. The van der Waals surface area contributed by atoms with Crippen LogP contribution in [-0.4, -0.2) is 57.7 Å². The van der Waals surface area contributed by atoms with Gasteiger partial charge in [0, 0.05) is 24.4 Å². The number of anilines is 3. The third-order valence-electron chi connectivity index (χ3n) is 6.65. The molecular weight excluding hydrogens is 430 g/mol. The van der Waals surface area contributed by atoms with Gasteiger partial charge in [-0.3, -0.25) is 4.79 Å². The maximum absolute atomic E-state index is 12.8. The number of rotatable bonds is 6. The summed E-state index contributed by atoms with van der Waals surface area (Å²) in [6.07, 6.45) is 6.63. The van der Waals surface area contributed by atoms with E-state index in [4.69, 9.17) is 10.1 Å². The lowest BCUT2D eigenvalue weighted by molar-refractivity contribution is -0.117. The Kier molecular flexibility index (Phi) is 6.06. The molecule has 0 aliphatic carbocycles. The molecule has 4 N–H and O–H groups in total. The van der Waals surface area contributed by atoms with E-state index < -0.39 is 0 Å². The molecule has 3 aromatic rings. The predicted octanol–water partition coefficient (Wildman–Crippen LogP) is 3.58. The standard InChI is InChI=1S/C26H29N5O3/c1-30-21-8-6-17(5-4-12-31-10-2-3-11-31)13-20(21)25-18(14-24(30)34)16-27-26(29-25)28-19-7-9-22(32)23(33)15-19/h6-9,13,15-16,32-33H,2-5,10-12,14H2,1H3,(H,27,28,29)/p+1. The van der Waals surface area contributed by atoms with E-state index in [-0.39, 0.29) is 23.8 Å². The van der Waals surface area contributed by atoms with Crippen LogP contribution in [0.4, 0.5) is 17.3 Å². The SMILES string of the molecule is CN1C(=O)Cc2cnc(Nc3ccc(O)c([OH2+])c3)nc2-c2cc(CCCN3CCCC3)ccc21. The van der Waals surface area contributed by atoms with Gasteiger partial charge >= 0.3 is 0 Å². The molecule has 5 rings (SSSR count). The summed E-state index contributed by atoms with van der Waals surface area (Å²) in [6.45, 7) is 3.53. The van der Waals surface area contributed by atoms with E-state index >= 15 is 0 Å². The normalized spacial score (nSPS) is 15.7. The Morgan fingerprint density at radius 2 is 1.97 bits per heavy atom. The van der Waals surface area contributed by atoms with Crippen LogP contribution in [-0.2, 0) is 17.6 Å².